The first-order chi connectivity index (χ1) is 7.12. The number of methoxy groups -OCH3 is 1. The summed E-state index contributed by atoms with van der Waals surface area (Å²) < 4.78 is 4.79. The van der Waals surface area contributed by atoms with Crippen molar-refractivity contribution in [2.45, 2.75) is 37.3 Å². The zero-order valence-electron chi connectivity index (χ0n) is 8.73. The van der Waals surface area contributed by atoms with Gasteiger partial charge in [-0.3, -0.25) is 14.5 Å². The minimum absolute atomic E-state index is 0.274. The summed E-state index contributed by atoms with van der Waals surface area (Å²) in [6, 6.07) is -0.508. The Balaban J connectivity index is 2.26. The van der Waals surface area contributed by atoms with Gasteiger partial charge in [-0.1, -0.05) is 0 Å². The normalized spacial score (nSPS) is 35.1. The lowest BCUT2D eigenvalue weighted by molar-refractivity contribution is -0.154. The molecule has 15 heavy (non-hydrogen) atoms. The first-order valence-corrected chi connectivity index (χ1v) is 5.20. The zero-order chi connectivity index (χ0) is 11.1. The monoisotopic (exact) mass is 213 g/mol. The molecule has 0 spiro atoms. The summed E-state index contributed by atoms with van der Waals surface area (Å²) in [5.74, 6) is -1.11. The van der Waals surface area contributed by atoms with Crippen molar-refractivity contribution in [2.24, 2.45) is 0 Å². The van der Waals surface area contributed by atoms with Gasteiger partial charge in [0.15, 0.2) is 0 Å². The quantitative estimate of drug-likeness (QED) is 0.665. The standard InChI is InChI=1S/C10H15NO4/c1-15-9(14)10-4-2-6-11(10)7(3-5-10)8(12)13/h7H,2-6H2,1H3,(H,12,13)/t7-,10+/m1/s1. The number of nitrogens with zero attached hydrogens (tertiary/aromatic N) is 1. The molecule has 0 bridgehead atoms. The predicted molar refractivity (Wildman–Crippen MR) is 51.3 cm³/mol. The van der Waals surface area contributed by atoms with E-state index in [1.54, 1.807) is 4.90 Å². The van der Waals surface area contributed by atoms with Gasteiger partial charge in [-0.2, -0.15) is 0 Å². The number of carboxylic acids is 1. The van der Waals surface area contributed by atoms with Crippen LogP contribution >= 0.6 is 0 Å². The van der Waals surface area contributed by atoms with E-state index in [0.29, 0.717) is 19.4 Å². The summed E-state index contributed by atoms with van der Waals surface area (Å²) in [6.07, 6.45) is 2.75. The Morgan fingerprint density at radius 1 is 1.47 bits per heavy atom. The maximum Gasteiger partial charge on any atom is 0.326 e. The molecule has 0 aromatic heterocycles. The van der Waals surface area contributed by atoms with Crippen LogP contribution in [0.25, 0.3) is 0 Å². The second-order valence-corrected chi connectivity index (χ2v) is 4.21. The van der Waals surface area contributed by atoms with Crippen LogP contribution in [0.2, 0.25) is 0 Å². The maximum absolute atomic E-state index is 11.7. The molecule has 2 aliphatic rings. The van der Waals surface area contributed by atoms with Crippen molar-refractivity contribution in [3.8, 4) is 0 Å². The number of carbonyl (C=O) groups is 2. The maximum atomic E-state index is 11.7. The van der Waals surface area contributed by atoms with Crippen LogP contribution < -0.4 is 0 Å². The molecule has 5 nitrogen and oxygen atoms in total. The number of esters is 1. The van der Waals surface area contributed by atoms with Crippen LogP contribution in [0.5, 0.6) is 0 Å². The highest BCUT2D eigenvalue weighted by Gasteiger charge is 2.56. The van der Waals surface area contributed by atoms with Crippen molar-refractivity contribution < 1.29 is 19.4 Å². The van der Waals surface area contributed by atoms with Crippen LogP contribution in [0.4, 0.5) is 0 Å². The second-order valence-electron chi connectivity index (χ2n) is 4.21. The van der Waals surface area contributed by atoms with E-state index >= 15 is 0 Å². The Bertz CT molecular complexity index is 304. The number of carbonyl (C=O) groups excluding carboxylic acids is 1. The summed E-state index contributed by atoms with van der Waals surface area (Å²) >= 11 is 0. The Kier molecular flexibility index (Phi) is 2.42. The largest absolute Gasteiger partial charge is 0.480 e. The molecule has 0 saturated carbocycles. The number of rotatable bonds is 2. The Morgan fingerprint density at radius 3 is 2.80 bits per heavy atom. The molecule has 2 aliphatic heterocycles. The van der Waals surface area contributed by atoms with E-state index in [1.165, 1.54) is 7.11 Å². The molecule has 0 amide bonds. The van der Waals surface area contributed by atoms with Gasteiger partial charge in [-0.25, -0.2) is 0 Å². The Labute approximate surface area is 88.0 Å². The minimum Gasteiger partial charge on any atom is -0.480 e. The molecule has 84 valence electrons. The van der Waals surface area contributed by atoms with E-state index in [9.17, 15) is 9.59 Å². The molecule has 2 atom stereocenters. The van der Waals surface area contributed by atoms with E-state index in [2.05, 4.69) is 0 Å². The fraction of sp³-hybridized carbons (Fsp3) is 0.800. The van der Waals surface area contributed by atoms with Gasteiger partial charge in [0.2, 0.25) is 0 Å². The summed E-state index contributed by atoms with van der Waals surface area (Å²) in [6.45, 7) is 0.687. The van der Waals surface area contributed by atoms with Crippen LogP contribution in [0.15, 0.2) is 0 Å². The van der Waals surface area contributed by atoms with Gasteiger partial charge in [0, 0.05) is 6.54 Å². The highest BCUT2D eigenvalue weighted by atomic mass is 16.5. The average molecular weight is 213 g/mol. The van der Waals surface area contributed by atoms with Gasteiger partial charge >= 0.3 is 11.9 Å². The summed E-state index contributed by atoms with van der Waals surface area (Å²) in [5.41, 5.74) is -0.641. The van der Waals surface area contributed by atoms with Crippen molar-refractivity contribution in [1.29, 1.82) is 0 Å². The highest BCUT2D eigenvalue weighted by molar-refractivity contribution is 5.84. The van der Waals surface area contributed by atoms with Crippen LogP contribution in [-0.2, 0) is 14.3 Å². The van der Waals surface area contributed by atoms with Crippen molar-refractivity contribution in [2.75, 3.05) is 13.7 Å². The fourth-order valence-electron chi connectivity index (χ4n) is 2.92. The molecule has 0 aromatic carbocycles. The summed E-state index contributed by atoms with van der Waals surface area (Å²) in [4.78, 5) is 24.5. The van der Waals surface area contributed by atoms with Crippen LogP contribution in [0, 0.1) is 0 Å². The lowest BCUT2D eigenvalue weighted by atomic mass is 9.94. The second kappa shape index (κ2) is 3.48. The van der Waals surface area contributed by atoms with E-state index in [0.717, 1.165) is 12.8 Å². The third kappa shape index (κ3) is 1.33. The topological polar surface area (TPSA) is 66.8 Å². The Hall–Kier alpha value is -1.10. The summed E-state index contributed by atoms with van der Waals surface area (Å²) in [5, 5.41) is 9.04. The van der Waals surface area contributed by atoms with E-state index in [4.69, 9.17) is 9.84 Å². The smallest absolute Gasteiger partial charge is 0.326 e. The number of hydrogen-bond acceptors (Lipinski definition) is 4. The summed E-state index contributed by atoms with van der Waals surface area (Å²) in [7, 11) is 1.36. The average Bonchev–Trinajstić information content (AvgIpc) is 2.73. The van der Waals surface area contributed by atoms with E-state index < -0.39 is 17.6 Å². The third-order valence-electron chi connectivity index (χ3n) is 3.60. The fourth-order valence-corrected chi connectivity index (χ4v) is 2.92. The van der Waals surface area contributed by atoms with Crippen LogP contribution in [0.3, 0.4) is 0 Å². The first-order valence-electron chi connectivity index (χ1n) is 5.20. The van der Waals surface area contributed by atoms with Crippen LogP contribution in [0.1, 0.15) is 25.7 Å². The first kappa shape index (κ1) is 10.4. The van der Waals surface area contributed by atoms with Crippen molar-refractivity contribution in [3.05, 3.63) is 0 Å². The molecule has 0 aromatic rings. The molecule has 1 N–H and O–H groups in total. The molecule has 0 aliphatic carbocycles. The Morgan fingerprint density at radius 2 is 2.20 bits per heavy atom. The van der Waals surface area contributed by atoms with Gasteiger partial charge in [-0.05, 0) is 25.7 Å². The molecular formula is C10H15NO4. The molecule has 5 heteroatoms. The lowest BCUT2D eigenvalue weighted by Crippen LogP contribution is -2.50. The number of fused-ring (bicyclic) bond motifs is 1. The number of aliphatic carboxylic acids is 1. The van der Waals surface area contributed by atoms with Gasteiger partial charge in [0.05, 0.1) is 7.11 Å². The van der Waals surface area contributed by atoms with Gasteiger partial charge in [0.1, 0.15) is 11.6 Å². The van der Waals surface area contributed by atoms with Gasteiger partial charge in [-0.15, -0.1) is 0 Å². The molecule has 0 radical (unpaired) electrons. The van der Waals surface area contributed by atoms with Crippen LogP contribution in [-0.4, -0.2) is 47.2 Å². The zero-order valence-corrected chi connectivity index (χ0v) is 8.73. The predicted octanol–water partition coefficient (Wildman–Crippen LogP) is 0.241. The number of carboxylic acid groups (broad SMARTS) is 1. The molecule has 0 unspecified atom stereocenters. The van der Waals surface area contributed by atoms with Crippen molar-refractivity contribution >= 4 is 11.9 Å². The van der Waals surface area contributed by atoms with Gasteiger partial charge < -0.3 is 9.84 Å². The molecule has 2 fully saturated rings. The molecule has 2 rings (SSSR count). The third-order valence-corrected chi connectivity index (χ3v) is 3.60. The van der Waals surface area contributed by atoms with Crippen molar-refractivity contribution in [3.63, 3.8) is 0 Å². The van der Waals surface area contributed by atoms with Crippen molar-refractivity contribution in [1.82, 2.24) is 4.90 Å². The van der Waals surface area contributed by atoms with Gasteiger partial charge in [0.25, 0.3) is 0 Å². The SMILES string of the molecule is COC(=O)[C@@]12CCCN1[C@@H](C(=O)O)CC2. The minimum atomic E-state index is -0.831. The lowest BCUT2D eigenvalue weighted by Gasteiger charge is -2.30. The number of hydrogen-bond donors (Lipinski definition) is 1. The number of ether oxygens (including phenoxy) is 1. The van der Waals surface area contributed by atoms with E-state index in [-0.39, 0.29) is 5.97 Å². The molecule has 2 saturated heterocycles. The highest BCUT2D eigenvalue weighted by Crippen LogP contribution is 2.43. The van der Waals surface area contributed by atoms with E-state index in [1.807, 2.05) is 0 Å². The molecule has 2 heterocycles. The molecular weight excluding hydrogens is 198 g/mol.